The number of methoxy groups -OCH3 is 3. The third kappa shape index (κ3) is 43.3. The highest BCUT2D eigenvalue weighted by Gasteiger charge is 2.28. The largest absolute Gasteiger partial charge is 0.465 e. The molecular weight excluding hydrogens is 654 g/mol. The van der Waals surface area contributed by atoms with Gasteiger partial charge in [-0.3, -0.25) is 4.79 Å². The number of alkyl carbamates (subject to hydrolysis) is 1. The second-order valence-corrected chi connectivity index (χ2v) is 15.3. The van der Waals surface area contributed by atoms with Crippen LogP contribution in [0.1, 0.15) is 96.9 Å². The van der Waals surface area contributed by atoms with E-state index in [1.54, 1.807) is 42.1 Å². The summed E-state index contributed by atoms with van der Waals surface area (Å²) in [5.74, 6) is -0.461. The summed E-state index contributed by atoms with van der Waals surface area (Å²) in [4.78, 5) is 22.2. The van der Waals surface area contributed by atoms with Crippen LogP contribution in [0.3, 0.4) is 0 Å². The van der Waals surface area contributed by atoms with Crippen LogP contribution in [0.4, 0.5) is 4.79 Å². The van der Waals surface area contributed by atoms with E-state index in [2.05, 4.69) is 30.0 Å². The Morgan fingerprint density at radius 3 is 1.35 bits per heavy atom. The fraction of sp³-hybridized carbons (Fsp3) is 0.857. The van der Waals surface area contributed by atoms with E-state index in [9.17, 15) is 9.59 Å². The van der Waals surface area contributed by atoms with Crippen LogP contribution < -0.4 is 11.1 Å². The van der Waals surface area contributed by atoms with Crippen molar-refractivity contribution in [1.82, 2.24) is 5.32 Å². The van der Waals surface area contributed by atoms with Crippen LogP contribution in [0, 0.1) is 61.1 Å². The molecule has 0 rings (SSSR count). The Morgan fingerprint density at radius 1 is 0.714 bits per heavy atom. The first kappa shape index (κ1) is 58.5. The zero-order chi connectivity index (χ0) is 39.5. The van der Waals surface area contributed by atoms with E-state index >= 15 is 0 Å². The maximum atomic E-state index is 11.3. The molecule has 0 aromatic carbocycles. The molecule has 0 saturated carbocycles. The van der Waals surface area contributed by atoms with E-state index in [1.807, 2.05) is 60.6 Å². The summed E-state index contributed by atoms with van der Waals surface area (Å²) >= 11 is 0. The second-order valence-electron chi connectivity index (χ2n) is 15.3. The lowest BCUT2D eigenvalue weighted by molar-refractivity contribution is -0.150. The minimum Gasteiger partial charge on any atom is -0.465 e. The lowest BCUT2D eigenvalue weighted by atomic mass is 9.95. The maximum absolute atomic E-state index is 11.3. The highest BCUT2D eigenvalue weighted by Crippen LogP contribution is 2.16. The van der Waals surface area contributed by atoms with Crippen molar-refractivity contribution in [2.75, 3.05) is 67.5 Å². The molecule has 0 bridgehead atoms. The van der Waals surface area contributed by atoms with E-state index in [0.717, 1.165) is 6.61 Å². The summed E-state index contributed by atoms with van der Waals surface area (Å²) in [7, 11) is 4.94. The Hall–Kier alpha value is -2.70. The zero-order valence-corrected chi connectivity index (χ0v) is 34.4. The van der Waals surface area contributed by atoms with Crippen molar-refractivity contribution < 1.29 is 38.4 Å². The van der Waals surface area contributed by atoms with E-state index in [1.165, 1.54) is 13.8 Å². The number of nitriles is 3. The Kier molecular flexibility index (Phi) is 34.7. The number of halogens is 1. The van der Waals surface area contributed by atoms with E-state index in [4.69, 9.17) is 45.6 Å². The summed E-state index contributed by atoms with van der Waals surface area (Å²) in [6, 6.07) is 5.91. The molecule has 1 amide bonds. The zero-order valence-electron chi connectivity index (χ0n) is 33.6. The normalized spacial score (nSPS) is 11.1. The molecule has 0 atom stereocenters. The van der Waals surface area contributed by atoms with Gasteiger partial charge in [0.15, 0.2) is 0 Å². The van der Waals surface area contributed by atoms with Crippen LogP contribution in [-0.2, 0) is 28.5 Å². The molecule has 49 heavy (non-hydrogen) atoms. The number of hydrogen-bond acceptors (Lipinski definition) is 12. The van der Waals surface area contributed by atoms with Gasteiger partial charge in [-0.1, -0.05) is 27.7 Å². The molecule has 13 nitrogen and oxygen atoms in total. The van der Waals surface area contributed by atoms with Gasteiger partial charge in [0.2, 0.25) is 0 Å². The molecule has 0 spiro atoms. The van der Waals surface area contributed by atoms with Crippen molar-refractivity contribution in [3.8, 4) is 18.2 Å². The van der Waals surface area contributed by atoms with Gasteiger partial charge in [-0.25, -0.2) is 4.79 Å². The van der Waals surface area contributed by atoms with Gasteiger partial charge in [-0.2, -0.15) is 15.8 Å². The summed E-state index contributed by atoms with van der Waals surface area (Å²) in [6.07, 6.45) is -0.383. The maximum Gasteiger partial charge on any atom is 0.407 e. The fourth-order valence-corrected chi connectivity index (χ4v) is 2.30. The van der Waals surface area contributed by atoms with Gasteiger partial charge < -0.3 is 39.8 Å². The number of nitrogens with zero attached hydrogens (tertiary/aromatic N) is 3. The van der Waals surface area contributed by atoms with Gasteiger partial charge >= 0.3 is 12.1 Å². The molecule has 0 saturated heterocycles. The monoisotopic (exact) mass is 723 g/mol. The van der Waals surface area contributed by atoms with Gasteiger partial charge in [-0.05, 0) is 75.8 Å². The molecule has 0 heterocycles. The van der Waals surface area contributed by atoms with Crippen molar-refractivity contribution >= 4 is 24.5 Å². The van der Waals surface area contributed by atoms with Crippen molar-refractivity contribution in [2.24, 2.45) is 32.8 Å². The molecule has 0 aliphatic rings. The molecule has 0 aromatic heterocycles. The number of nitrogens with one attached hydrogen (secondary N) is 1. The predicted molar refractivity (Wildman–Crippen MR) is 196 cm³/mol. The second kappa shape index (κ2) is 29.1. The molecule has 0 aliphatic carbocycles. The molecule has 0 unspecified atom stereocenters. The van der Waals surface area contributed by atoms with Crippen LogP contribution >= 0.6 is 12.4 Å². The third-order valence-electron chi connectivity index (χ3n) is 5.30. The Labute approximate surface area is 304 Å². The van der Waals surface area contributed by atoms with Crippen molar-refractivity contribution in [2.45, 2.75) is 103 Å². The minimum absolute atomic E-state index is 0. The van der Waals surface area contributed by atoms with E-state index in [0.29, 0.717) is 32.9 Å². The van der Waals surface area contributed by atoms with Crippen molar-refractivity contribution in [1.29, 1.82) is 15.8 Å². The molecule has 290 valence electrons. The number of hydrogen-bond donors (Lipinski definition) is 3. The average molecular weight is 724 g/mol. The molecule has 14 heteroatoms. The lowest BCUT2D eigenvalue weighted by Crippen LogP contribution is -2.39. The van der Waals surface area contributed by atoms with Crippen LogP contribution in [0.15, 0.2) is 0 Å². The Balaban J connectivity index is -0.000000121. The predicted octanol–water partition coefficient (Wildman–Crippen LogP) is 6.03. The summed E-state index contributed by atoms with van der Waals surface area (Å²) in [5, 5.41) is 36.1. The highest BCUT2D eigenvalue weighted by molar-refractivity contribution is 5.85. The molecule has 0 aliphatic heterocycles. The van der Waals surface area contributed by atoms with Gasteiger partial charge in [0, 0.05) is 38.7 Å². The number of nitrogens with two attached hydrogens (primary N) is 1. The number of carbonyl (C=O) groups is 2. The topological polar surface area (TPSA) is 210 Å². The summed E-state index contributed by atoms with van der Waals surface area (Å²) in [5.41, 5.74) is 3.15. The molecule has 0 radical (unpaired) electrons. The molecule has 0 aromatic rings. The van der Waals surface area contributed by atoms with E-state index < -0.39 is 22.4 Å². The van der Waals surface area contributed by atoms with Crippen LogP contribution in [-0.4, -0.2) is 90.2 Å². The summed E-state index contributed by atoms with van der Waals surface area (Å²) < 4.78 is 24.5. The molecule has 4 N–H and O–H groups in total. The first-order valence-electron chi connectivity index (χ1n) is 15.7. The van der Waals surface area contributed by atoms with Gasteiger partial charge in [-0.15, -0.1) is 12.4 Å². The number of carbonyl (C=O) groups excluding carboxylic acids is 2. The minimum atomic E-state index is -1.00. The van der Waals surface area contributed by atoms with Crippen LogP contribution in [0.25, 0.3) is 0 Å². The Morgan fingerprint density at radius 2 is 1.12 bits per heavy atom. The first-order valence-corrected chi connectivity index (χ1v) is 15.7. The molecule has 0 fully saturated rings. The van der Waals surface area contributed by atoms with E-state index in [-0.39, 0.29) is 41.4 Å². The number of ether oxygens (including phenoxy) is 5. The SMILES string of the molecule is CC(C)(C#N)CO.CCOC(=O)C(C)(C)C#N.COCC(C)(C)C#N.COCC(C)(C)CN.COCC(C)(C)CNC(=O)OC(C)(C)C.Cl. The van der Waals surface area contributed by atoms with Gasteiger partial charge in [0.1, 0.15) is 11.0 Å². The lowest BCUT2D eigenvalue weighted by Gasteiger charge is -2.25. The quantitative estimate of drug-likeness (QED) is 0.197. The number of aliphatic hydroxyl groups is 1. The number of aliphatic hydroxyl groups excluding tert-OH is 1. The van der Waals surface area contributed by atoms with Crippen molar-refractivity contribution in [3.05, 3.63) is 0 Å². The van der Waals surface area contributed by atoms with Crippen LogP contribution in [0.5, 0.6) is 0 Å². The fourth-order valence-electron chi connectivity index (χ4n) is 2.30. The first-order chi connectivity index (χ1) is 21.6. The smallest absolute Gasteiger partial charge is 0.407 e. The summed E-state index contributed by atoms with van der Waals surface area (Å²) in [6.45, 7) is 28.9. The molecular formula is C35H70ClN5O8. The number of rotatable bonds is 12. The van der Waals surface area contributed by atoms with Crippen molar-refractivity contribution in [3.63, 3.8) is 0 Å². The average Bonchev–Trinajstić information content (AvgIpc) is 2.97. The number of amides is 1. The highest BCUT2D eigenvalue weighted by atomic mass is 35.5. The standard InChI is InChI=1S/C11H23NO3.C7H11NO2.C6H15NO.C6H11NO.C5H9NO.ClH/c1-10(2,3)15-9(13)12-7-11(4,5)8-14-6;1-4-10-6(9)7(2,3)5-8;2*1-6(2,4-7)5-8-3;1-5(2,3-6)4-7;/h7-8H2,1-6H3,(H,12,13);4H2,1-3H3;4-5,7H2,1-3H3;5H2,1-3H3;7H,4H2,1-2H3;1H. The van der Waals surface area contributed by atoms with Gasteiger partial charge in [0.05, 0.1) is 62.1 Å². The van der Waals surface area contributed by atoms with Gasteiger partial charge in [0.25, 0.3) is 0 Å². The number of esters is 1. The Bertz CT molecular complexity index is 990. The van der Waals surface area contributed by atoms with Crippen LogP contribution in [0.2, 0.25) is 0 Å². The third-order valence-corrected chi connectivity index (χ3v) is 5.30.